The van der Waals surface area contributed by atoms with E-state index in [9.17, 15) is 19.0 Å². The molecule has 10 heteroatoms. The van der Waals surface area contributed by atoms with Gasteiger partial charge >= 0.3 is 19.8 Å². The SMILES string of the molecule is CC/C=C\C/C=C\C/C=C\C/C=C\C/C=C\C/C=C\C/C=C\C/C=C\CCCCCCCCCCCCCCCCC(=O)OC(COC(=O)CCCCCC/C=C\C/C=C\C/C=C\C/C=C\CC)COP(=O)(O)OCCN. The summed E-state index contributed by atoms with van der Waals surface area (Å²) in [7, 11) is -4.40. The minimum Gasteiger partial charge on any atom is -0.462 e. The standard InChI is InChI=1S/C67H110NO8P/c1-3-5-7-9-11-13-15-17-19-21-22-23-24-25-26-27-28-29-30-31-32-33-34-35-36-37-38-39-40-41-42-44-46-48-50-52-54-56-58-60-67(70)76-65(64-75-77(71,72)74-62-61-68)63-73-66(69)59-57-55-53-51-49-47-45-43-20-18-16-14-12-10-8-6-4-2/h5-8,11-14,17-20,22-23,25-26,28-29,31-32,34-35,45,47,65H,3-4,9-10,15-16,21,24,27,30,33,36-44,46,48-64,68H2,1-2H3,(H,71,72)/b7-5-,8-6-,13-11-,14-12-,19-17-,20-18-,23-22-,26-25-,29-28-,32-31-,35-34-,47-45-. The summed E-state index contributed by atoms with van der Waals surface area (Å²) in [4.78, 5) is 35.2. The summed E-state index contributed by atoms with van der Waals surface area (Å²) in [6, 6.07) is 0. The van der Waals surface area contributed by atoms with Crippen LogP contribution in [0, 0.1) is 0 Å². The highest BCUT2D eigenvalue weighted by Gasteiger charge is 2.26. The van der Waals surface area contributed by atoms with Crippen molar-refractivity contribution in [1.29, 1.82) is 0 Å². The molecule has 0 fully saturated rings. The van der Waals surface area contributed by atoms with Gasteiger partial charge in [0.2, 0.25) is 0 Å². The number of ether oxygens (including phenoxy) is 2. The van der Waals surface area contributed by atoms with Crippen molar-refractivity contribution in [3.05, 3.63) is 146 Å². The van der Waals surface area contributed by atoms with Gasteiger partial charge < -0.3 is 20.1 Å². The smallest absolute Gasteiger partial charge is 0.462 e. The van der Waals surface area contributed by atoms with Gasteiger partial charge in [0.05, 0.1) is 13.2 Å². The lowest BCUT2D eigenvalue weighted by atomic mass is 10.0. The van der Waals surface area contributed by atoms with Crippen molar-refractivity contribution in [3.63, 3.8) is 0 Å². The Hall–Kier alpha value is -4.11. The van der Waals surface area contributed by atoms with Crippen molar-refractivity contribution in [2.75, 3.05) is 26.4 Å². The lowest BCUT2D eigenvalue weighted by Crippen LogP contribution is -2.29. The highest BCUT2D eigenvalue weighted by atomic mass is 31.2. The quantitative estimate of drug-likeness (QED) is 0.0264. The van der Waals surface area contributed by atoms with Crippen LogP contribution < -0.4 is 5.73 Å². The highest BCUT2D eigenvalue weighted by molar-refractivity contribution is 7.47. The zero-order chi connectivity index (χ0) is 55.9. The fraction of sp³-hybridized carbons (Fsp3) is 0.612. The van der Waals surface area contributed by atoms with Crippen molar-refractivity contribution in [3.8, 4) is 0 Å². The molecular weight excluding hydrogens is 978 g/mol. The van der Waals surface area contributed by atoms with E-state index in [0.29, 0.717) is 12.8 Å². The summed E-state index contributed by atoms with van der Waals surface area (Å²) in [6.07, 6.45) is 87.7. The average molecular weight is 1090 g/mol. The largest absolute Gasteiger partial charge is 0.472 e. The number of unbranched alkanes of at least 4 members (excludes halogenated alkanes) is 18. The van der Waals surface area contributed by atoms with Gasteiger partial charge in [0.25, 0.3) is 0 Å². The number of phosphoric ester groups is 1. The number of carbonyl (C=O) groups is 2. The fourth-order valence-corrected chi connectivity index (χ4v) is 8.58. The monoisotopic (exact) mass is 1090 g/mol. The fourth-order valence-electron chi connectivity index (χ4n) is 7.82. The summed E-state index contributed by atoms with van der Waals surface area (Å²) in [5.41, 5.74) is 5.38. The van der Waals surface area contributed by atoms with E-state index in [1.807, 2.05) is 0 Å². The first kappa shape index (κ1) is 72.9. The molecule has 436 valence electrons. The summed E-state index contributed by atoms with van der Waals surface area (Å²) in [5.74, 6) is -0.863. The van der Waals surface area contributed by atoms with Gasteiger partial charge in [0.1, 0.15) is 6.61 Å². The molecule has 0 radical (unpaired) electrons. The van der Waals surface area contributed by atoms with E-state index >= 15 is 0 Å². The van der Waals surface area contributed by atoms with Crippen molar-refractivity contribution in [2.24, 2.45) is 5.73 Å². The molecule has 0 aliphatic heterocycles. The zero-order valence-electron chi connectivity index (χ0n) is 48.6. The van der Waals surface area contributed by atoms with E-state index in [1.54, 1.807) is 0 Å². The molecule has 0 aliphatic rings. The van der Waals surface area contributed by atoms with E-state index < -0.39 is 32.5 Å². The van der Waals surface area contributed by atoms with Crippen LogP contribution in [0.2, 0.25) is 0 Å². The molecule has 0 bridgehead atoms. The van der Waals surface area contributed by atoms with Gasteiger partial charge in [-0.3, -0.25) is 18.6 Å². The Morgan fingerprint density at radius 3 is 1.00 bits per heavy atom. The molecule has 0 heterocycles. The minimum absolute atomic E-state index is 0.0432. The number of nitrogens with two attached hydrogens (primary N) is 1. The summed E-state index contributed by atoms with van der Waals surface area (Å²) in [6.45, 7) is 3.47. The molecule has 0 amide bonds. The Labute approximate surface area is 471 Å². The maximum atomic E-state index is 12.7. The second-order valence-electron chi connectivity index (χ2n) is 19.5. The lowest BCUT2D eigenvalue weighted by molar-refractivity contribution is -0.161. The molecule has 0 aromatic carbocycles. The molecule has 0 spiro atoms. The molecule has 2 unspecified atom stereocenters. The van der Waals surface area contributed by atoms with Crippen LogP contribution in [0.4, 0.5) is 0 Å². The topological polar surface area (TPSA) is 134 Å². The Bertz CT molecular complexity index is 1770. The minimum atomic E-state index is -4.40. The van der Waals surface area contributed by atoms with Gasteiger partial charge in [-0.15, -0.1) is 0 Å². The Morgan fingerprint density at radius 1 is 0.390 bits per heavy atom. The summed E-state index contributed by atoms with van der Waals surface area (Å²) in [5, 5.41) is 0. The van der Waals surface area contributed by atoms with Crippen LogP contribution >= 0.6 is 7.82 Å². The van der Waals surface area contributed by atoms with Crippen molar-refractivity contribution >= 4 is 19.8 Å². The highest BCUT2D eigenvalue weighted by Crippen LogP contribution is 2.43. The molecule has 77 heavy (non-hydrogen) atoms. The van der Waals surface area contributed by atoms with Gasteiger partial charge in [0, 0.05) is 19.4 Å². The van der Waals surface area contributed by atoms with Gasteiger partial charge in [-0.1, -0.05) is 250 Å². The van der Waals surface area contributed by atoms with Crippen molar-refractivity contribution in [2.45, 2.75) is 238 Å². The van der Waals surface area contributed by atoms with E-state index in [2.05, 4.69) is 160 Å². The number of hydrogen-bond donors (Lipinski definition) is 2. The molecule has 0 aliphatic carbocycles. The Kier molecular flexibility index (Phi) is 57.8. The van der Waals surface area contributed by atoms with Crippen molar-refractivity contribution < 1.29 is 37.6 Å². The predicted molar refractivity (Wildman–Crippen MR) is 330 cm³/mol. The number of phosphoric acid groups is 1. The van der Waals surface area contributed by atoms with Gasteiger partial charge in [-0.25, -0.2) is 4.57 Å². The normalized spacial score (nSPS) is 14.1. The molecular formula is C67H110NO8P. The number of esters is 2. The molecule has 2 atom stereocenters. The third kappa shape index (κ3) is 61.0. The Balaban J connectivity index is 3.94. The first-order chi connectivity index (χ1) is 37.8. The van der Waals surface area contributed by atoms with Crippen LogP contribution in [0.25, 0.3) is 0 Å². The number of allylic oxidation sites excluding steroid dienone is 24. The van der Waals surface area contributed by atoms with E-state index in [0.717, 1.165) is 122 Å². The molecule has 9 nitrogen and oxygen atoms in total. The van der Waals surface area contributed by atoms with Crippen LogP contribution in [0.15, 0.2) is 146 Å². The summed E-state index contributed by atoms with van der Waals surface area (Å²) < 4.78 is 33.0. The first-order valence-corrected chi connectivity index (χ1v) is 31.8. The molecule has 3 N–H and O–H groups in total. The first-order valence-electron chi connectivity index (χ1n) is 30.3. The maximum absolute atomic E-state index is 12.7. The zero-order valence-corrected chi connectivity index (χ0v) is 49.5. The van der Waals surface area contributed by atoms with Crippen LogP contribution in [0.1, 0.15) is 232 Å². The van der Waals surface area contributed by atoms with Crippen LogP contribution in [0.5, 0.6) is 0 Å². The van der Waals surface area contributed by atoms with Gasteiger partial charge in [-0.05, 0) is 116 Å². The Morgan fingerprint density at radius 2 is 0.675 bits per heavy atom. The van der Waals surface area contributed by atoms with Gasteiger partial charge in [0.15, 0.2) is 6.10 Å². The number of rotatable bonds is 55. The van der Waals surface area contributed by atoms with E-state index in [-0.39, 0.29) is 32.6 Å². The molecule has 0 saturated heterocycles. The molecule has 0 rings (SSSR count). The number of carbonyl (C=O) groups excluding carboxylic acids is 2. The summed E-state index contributed by atoms with van der Waals surface area (Å²) >= 11 is 0. The predicted octanol–water partition coefficient (Wildman–Crippen LogP) is 19.5. The van der Waals surface area contributed by atoms with Crippen LogP contribution in [-0.2, 0) is 32.7 Å². The van der Waals surface area contributed by atoms with E-state index in [4.69, 9.17) is 24.3 Å². The van der Waals surface area contributed by atoms with Gasteiger partial charge in [-0.2, -0.15) is 0 Å². The molecule has 0 aromatic rings. The lowest BCUT2D eigenvalue weighted by Gasteiger charge is -2.19. The maximum Gasteiger partial charge on any atom is 0.472 e. The van der Waals surface area contributed by atoms with Crippen molar-refractivity contribution in [1.82, 2.24) is 0 Å². The van der Waals surface area contributed by atoms with Crippen LogP contribution in [-0.4, -0.2) is 49.3 Å². The third-order valence-corrected chi connectivity index (χ3v) is 13.2. The molecule has 0 aromatic heterocycles. The van der Waals surface area contributed by atoms with Crippen LogP contribution in [0.3, 0.4) is 0 Å². The molecule has 0 saturated carbocycles. The second-order valence-corrected chi connectivity index (χ2v) is 20.9. The van der Waals surface area contributed by atoms with E-state index in [1.165, 1.54) is 70.6 Å². The third-order valence-electron chi connectivity index (χ3n) is 12.2. The number of hydrogen-bond acceptors (Lipinski definition) is 8. The average Bonchev–Trinajstić information content (AvgIpc) is 3.42. The second kappa shape index (κ2) is 61.1.